The average Bonchev–Trinajstić information content (AvgIpc) is 3.29. The number of fused-ring (bicyclic) bond motifs is 3. The molecule has 1 aliphatic carbocycles. The Morgan fingerprint density at radius 3 is 3.00 bits per heavy atom. The van der Waals surface area contributed by atoms with E-state index >= 15 is 0 Å². The van der Waals surface area contributed by atoms with Gasteiger partial charge in [0.25, 0.3) is 5.56 Å². The van der Waals surface area contributed by atoms with Crippen LogP contribution in [0.25, 0.3) is 10.2 Å². The molecule has 1 aliphatic rings. The molecule has 4 rings (SSSR count). The molecule has 3 aromatic heterocycles. The van der Waals surface area contributed by atoms with Crippen LogP contribution in [-0.4, -0.2) is 26.1 Å². The summed E-state index contributed by atoms with van der Waals surface area (Å²) in [7, 11) is 0. The summed E-state index contributed by atoms with van der Waals surface area (Å²) in [5, 5.41) is 3.61. The summed E-state index contributed by atoms with van der Waals surface area (Å²) in [6.45, 7) is 4.15. The van der Waals surface area contributed by atoms with Gasteiger partial charge in [-0.25, -0.2) is 9.97 Å². The van der Waals surface area contributed by atoms with Gasteiger partial charge in [-0.15, -0.1) is 29.3 Å². The summed E-state index contributed by atoms with van der Waals surface area (Å²) in [5.74, 6) is 0.170. The third-order valence-corrected chi connectivity index (χ3v) is 7.33. The summed E-state index contributed by atoms with van der Waals surface area (Å²) < 4.78 is 1.64. The van der Waals surface area contributed by atoms with Gasteiger partial charge in [-0.3, -0.25) is 14.2 Å². The van der Waals surface area contributed by atoms with Gasteiger partial charge in [0.15, 0.2) is 10.2 Å². The smallest absolute Gasteiger partial charge is 0.263 e. The predicted molar refractivity (Wildman–Crippen MR) is 108 cm³/mol. The van der Waals surface area contributed by atoms with E-state index < -0.39 is 0 Å². The number of carbonyl (C=O) groups excluding carboxylic acids is 1. The average molecular weight is 404 g/mol. The monoisotopic (exact) mass is 403 g/mol. The third kappa shape index (κ3) is 3.17. The lowest BCUT2D eigenvalue weighted by atomic mass is 9.97. The number of thiophene rings is 1. The molecule has 134 valence electrons. The van der Waals surface area contributed by atoms with Crippen molar-refractivity contribution in [1.29, 1.82) is 0 Å². The molecule has 26 heavy (non-hydrogen) atoms. The maximum absolute atomic E-state index is 13.1. The number of rotatable bonds is 6. The Hall–Kier alpha value is -1.77. The zero-order valence-electron chi connectivity index (χ0n) is 14.1. The predicted octanol–water partition coefficient (Wildman–Crippen LogP) is 3.95. The SMILES string of the molecule is C=CCn1c(SCC(=O)c2nccs2)nc2sc3c(c2c1=O)CCCC3. The van der Waals surface area contributed by atoms with Crippen LogP contribution >= 0.6 is 34.4 Å². The van der Waals surface area contributed by atoms with Crippen LogP contribution in [0.2, 0.25) is 0 Å². The van der Waals surface area contributed by atoms with E-state index in [2.05, 4.69) is 11.6 Å². The Bertz CT molecular complexity index is 1030. The van der Waals surface area contributed by atoms with Crippen molar-refractivity contribution >= 4 is 50.4 Å². The van der Waals surface area contributed by atoms with Crippen LogP contribution in [0.1, 0.15) is 33.1 Å². The van der Waals surface area contributed by atoms with Gasteiger partial charge in [-0.2, -0.15) is 0 Å². The molecule has 0 atom stereocenters. The van der Waals surface area contributed by atoms with Crippen LogP contribution < -0.4 is 5.56 Å². The third-order valence-electron chi connectivity index (χ3n) is 4.35. The van der Waals surface area contributed by atoms with Gasteiger partial charge >= 0.3 is 0 Å². The van der Waals surface area contributed by atoms with E-state index in [9.17, 15) is 9.59 Å². The van der Waals surface area contributed by atoms with Crippen molar-refractivity contribution in [3.63, 3.8) is 0 Å². The summed E-state index contributed by atoms with van der Waals surface area (Å²) in [5.41, 5.74) is 1.17. The number of allylic oxidation sites excluding steroid dienone is 1. The van der Waals surface area contributed by atoms with Gasteiger partial charge in [0.1, 0.15) is 4.83 Å². The van der Waals surface area contributed by atoms with Crippen LogP contribution in [0.5, 0.6) is 0 Å². The minimum Gasteiger partial charge on any atom is -0.291 e. The maximum Gasteiger partial charge on any atom is 0.263 e. The fraction of sp³-hybridized carbons (Fsp3) is 0.333. The number of carbonyl (C=O) groups is 1. The molecule has 0 radical (unpaired) electrons. The Kier molecular flexibility index (Phi) is 5.06. The first kappa shape index (κ1) is 17.6. The number of nitrogens with zero attached hydrogens (tertiary/aromatic N) is 3. The first-order chi connectivity index (χ1) is 12.7. The van der Waals surface area contributed by atoms with Crippen molar-refractivity contribution < 1.29 is 4.79 Å². The Morgan fingerprint density at radius 2 is 2.23 bits per heavy atom. The van der Waals surface area contributed by atoms with Crippen LogP contribution in [0.4, 0.5) is 0 Å². The second kappa shape index (κ2) is 7.46. The molecule has 0 fully saturated rings. The van der Waals surface area contributed by atoms with E-state index in [1.165, 1.54) is 40.0 Å². The van der Waals surface area contributed by atoms with Gasteiger partial charge in [0.05, 0.1) is 11.1 Å². The molecule has 0 spiro atoms. The van der Waals surface area contributed by atoms with Crippen LogP contribution in [0.15, 0.2) is 34.2 Å². The second-order valence-corrected chi connectivity index (χ2v) is 8.96. The van der Waals surface area contributed by atoms with E-state index in [1.54, 1.807) is 33.6 Å². The molecule has 0 aromatic carbocycles. The molecule has 0 unspecified atom stereocenters. The molecule has 5 nitrogen and oxygen atoms in total. The molecule has 3 heterocycles. The summed E-state index contributed by atoms with van der Waals surface area (Å²) >= 11 is 4.25. The highest BCUT2D eigenvalue weighted by Gasteiger charge is 2.22. The Morgan fingerprint density at radius 1 is 1.38 bits per heavy atom. The van der Waals surface area contributed by atoms with E-state index in [0.29, 0.717) is 16.7 Å². The van der Waals surface area contributed by atoms with E-state index in [0.717, 1.165) is 29.5 Å². The number of hydrogen-bond donors (Lipinski definition) is 0. The molecular formula is C18H17N3O2S3. The van der Waals surface area contributed by atoms with E-state index in [1.807, 2.05) is 0 Å². The molecule has 8 heteroatoms. The molecule has 0 saturated heterocycles. The van der Waals surface area contributed by atoms with Gasteiger partial charge < -0.3 is 0 Å². The zero-order chi connectivity index (χ0) is 18.1. The van der Waals surface area contributed by atoms with Crippen molar-refractivity contribution in [2.24, 2.45) is 0 Å². The summed E-state index contributed by atoms with van der Waals surface area (Å²) in [6.07, 6.45) is 7.60. The molecule has 3 aromatic rings. The zero-order valence-corrected chi connectivity index (χ0v) is 16.5. The number of thiazole rings is 1. The minimum absolute atomic E-state index is 0.0153. The molecule has 0 N–H and O–H groups in total. The molecule has 0 amide bonds. The van der Waals surface area contributed by atoms with Gasteiger partial charge in [0.2, 0.25) is 5.78 Å². The first-order valence-corrected chi connectivity index (χ1v) is 11.1. The number of hydrogen-bond acceptors (Lipinski definition) is 7. The van der Waals surface area contributed by atoms with Gasteiger partial charge in [-0.05, 0) is 31.2 Å². The van der Waals surface area contributed by atoms with Crippen LogP contribution in [0, 0.1) is 0 Å². The maximum atomic E-state index is 13.1. The number of Topliss-reactive ketones (excluding diaryl/α,β-unsaturated/α-hetero) is 1. The quantitative estimate of drug-likeness (QED) is 0.270. The fourth-order valence-corrected chi connectivity index (χ4v) is 6.02. The molecule has 0 saturated carbocycles. The van der Waals surface area contributed by atoms with Crippen molar-refractivity contribution in [3.8, 4) is 0 Å². The molecule has 0 bridgehead atoms. The second-order valence-electron chi connectivity index (χ2n) is 6.04. The Balaban J connectivity index is 1.73. The topological polar surface area (TPSA) is 64.8 Å². The van der Waals surface area contributed by atoms with E-state index in [4.69, 9.17) is 4.98 Å². The largest absolute Gasteiger partial charge is 0.291 e. The van der Waals surface area contributed by atoms with Crippen molar-refractivity contribution in [2.75, 3.05) is 5.75 Å². The van der Waals surface area contributed by atoms with E-state index in [-0.39, 0.29) is 17.1 Å². The van der Waals surface area contributed by atoms with Gasteiger partial charge in [0, 0.05) is 23.0 Å². The highest BCUT2D eigenvalue weighted by molar-refractivity contribution is 7.99. The van der Waals surface area contributed by atoms with Crippen molar-refractivity contribution in [2.45, 2.75) is 37.4 Å². The fourth-order valence-electron chi connectivity index (χ4n) is 3.17. The minimum atomic E-state index is -0.0463. The number of ketones is 1. The molecular weight excluding hydrogens is 386 g/mol. The Labute approximate surface area is 162 Å². The standard InChI is InChI=1S/C18H17N3O2S3/c1-2-8-21-17(23)14-11-5-3-4-6-13(11)26-16(14)20-18(21)25-10-12(22)15-19-7-9-24-15/h2,7,9H,1,3-6,8,10H2. The highest BCUT2D eigenvalue weighted by atomic mass is 32.2. The molecule has 0 aliphatic heterocycles. The van der Waals surface area contributed by atoms with Gasteiger partial charge in [-0.1, -0.05) is 17.8 Å². The highest BCUT2D eigenvalue weighted by Crippen LogP contribution is 2.34. The summed E-state index contributed by atoms with van der Waals surface area (Å²) in [4.78, 5) is 36.3. The summed E-state index contributed by atoms with van der Waals surface area (Å²) in [6, 6.07) is 0. The van der Waals surface area contributed by atoms with Crippen molar-refractivity contribution in [3.05, 3.63) is 50.0 Å². The lowest BCUT2D eigenvalue weighted by Gasteiger charge is -2.12. The lowest BCUT2D eigenvalue weighted by Crippen LogP contribution is -2.23. The number of thioether (sulfide) groups is 1. The normalized spacial score (nSPS) is 13.7. The first-order valence-electron chi connectivity index (χ1n) is 8.40. The van der Waals surface area contributed by atoms with Crippen molar-refractivity contribution in [1.82, 2.24) is 14.5 Å². The van der Waals surface area contributed by atoms with Crippen LogP contribution in [-0.2, 0) is 19.4 Å². The number of aryl methyl sites for hydroxylation is 2. The number of aromatic nitrogens is 3. The van der Waals surface area contributed by atoms with Crippen LogP contribution in [0.3, 0.4) is 0 Å². The lowest BCUT2D eigenvalue weighted by molar-refractivity contribution is 0.102.